The van der Waals surface area contributed by atoms with E-state index in [1.54, 1.807) is 6.07 Å². The molecule has 0 radical (unpaired) electrons. The number of nitrogens with two attached hydrogens (primary N) is 1. The van der Waals surface area contributed by atoms with Gasteiger partial charge in [-0.15, -0.1) is 0 Å². The maximum absolute atomic E-state index is 10.1. The molecule has 4 nitrogen and oxygen atoms in total. The van der Waals surface area contributed by atoms with Gasteiger partial charge in [-0.2, -0.15) is 5.10 Å². The quantitative estimate of drug-likeness (QED) is 0.623. The lowest BCUT2D eigenvalue weighted by molar-refractivity contribution is 0.464. The Morgan fingerprint density at radius 1 is 1.24 bits per heavy atom. The standard InChI is InChI=1S/C17H19N3O/c1-9(2)12-8-13(10(3)7-15(12)21)16-11-5-4-6-14(18)17(11)20-19-16/h4-9,21H,18H2,1-3H3,(H,19,20). The molecule has 1 heterocycles. The zero-order chi connectivity index (χ0) is 15.1. The van der Waals surface area contributed by atoms with Crippen LogP contribution >= 0.6 is 0 Å². The summed E-state index contributed by atoms with van der Waals surface area (Å²) in [6.07, 6.45) is 0. The maximum Gasteiger partial charge on any atom is 0.119 e. The van der Waals surface area contributed by atoms with Crippen molar-refractivity contribution in [2.75, 3.05) is 5.73 Å². The molecule has 0 unspecified atom stereocenters. The van der Waals surface area contributed by atoms with E-state index in [1.165, 1.54) is 0 Å². The van der Waals surface area contributed by atoms with Gasteiger partial charge in [-0.25, -0.2) is 0 Å². The molecule has 0 aliphatic carbocycles. The van der Waals surface area contributed by atoms with Crippen LogP contribution in [0.2, 0.25) is 0 Å². The number of phenolic OH excluding ortho intramolecular Hbond substituents is 1. The molecule has 4 heteroatoms. The van der Waals surface area contributed by atoms with E-state index >= 15 is 0 Å². The predicted octanol–water partition coefficient (Wildman–Crippen LogP) is 3.95. The van der Waals surface area contributed by atoms with E-state index in [0.29, 0.717) is 11.4 Å². The molecule has 0 spiro atoms. The maximum atomic E-state index is 10.1. The van der Waals surface area contributed by atoms with E-state index in [-0.39, 0.29) is 5.92 Å². The highest BCUT2D eigenvalue weighted by Gasteiger charge is 2.15. The molecule has 21 heavy (non-hydrogen) atoms. The number of nitrogen functional groups attached to an aromatic ring is 1. The second-order valence-electron chi connectivity index (χ2n) is 5.72. The molecule has 0 saturated carbocycles. The van der Waals surface area contributed by atoms with Crippen molar-refractivity contribution in [1.29, 1.82) is 0 Å². The highest BCUT2D eigenvalue weighted by Crippen LogP contribution is 2.36. The van der Waals surface area contributed by atoms with Crippen LogP contribution in [0, 0.1) is 6.92 Å². The number of aryl methyl sites for hydroxylation is 1. The number of hydrogen-bond acceptors (Lipinski definition) is 3. The van der Waals surface area contributed by atoms with Gasteiger partial charge in [0.2, 0.25) is 0 Å². The topological polar surface area (TPSA) is 74.9 Å². The third-order valence-corrected chi connectivity index (χ3v) is 3.88. The van der Waals surface area contributed by atoms with Crippen LogP contribution in [0.5, 0.6) is 5.75 Å². The molecule has 3 aromatic rings. The molecule has 0 atom stereocenters. The van der Waals surface area contributed by atoms with Crippen LogP contribution in [0.4, 0.5) is 5.69 Å². The van der Waals surface area contributed by atoms with Crippen molar-refractivity contribution in [3.05, 3.63) is 41.5 Å². The minimum absolute atomic E-state index is 0.250. The Hall–Kier alpha value is -2.49. The van der Waals surface area contributed by atoms with Gasteiger partial charge in [0, 0.05) is 10.9 Å². The SMILES string of the molecule is Cc1cc(O)c(C(C)C)cc1-c1n[nH]c2c(N)cccc12. The van der Waals surface area contributed by atoms with Crippen LogP contribution in [-0.4, -0.2) is 15.3 Å². The number of hydrogen-bond donors (Lipinski definition) is 3. The summed E-state index contributed by atoms with van der Waals surface area (Å²) in [7, 11) is 0. The number of anilines is 1. The molecule has 0 saturated heterocycles. The van der Waals surface area contributed by atoms with E-state index in [0.717, 1.165) is 33.3 Å². The number of nitrogens with zero attached hydrogens (tertiary/aromatic N) is 1. The summed E-state index contributed by atoms with van der Waals surface area (Å²) in [5, 5.41) is 18.5. The van der Waals surface area contributed by atoms with Crippen molar-refractivity contribution < 1.29 is 5.11 Å². The third-order valence-electron chi connectivity index (χ3n) is 3.88. The third kappa shape index (κ3) is 2.13. The van der Waals surface area contributed by atoms with E-state index in [4.69, 9.17) is 5.73 Å². The van der Waals surface area contributed by atoms with Gasteiger partial charge in [0.1, 0.15) is 11.4 Å². The first-order chi connectivity index (χ1) is 9.99. The normalized spacial score (nSPS) is 11.4. The lowest BCUT2D eigenvalue weighted by Crippen LogP contribution is -1.93. The van der Waals surface area contributed by atoms with E-state index in [2.05, 4.69) is 24.0 Å². The lowest BCUT2D eigenvalue weighted by atomic mass is 9.94. The number of aromatic nitrogens is 2. The van der Waals surface area contributed by atoms with Crippen LogP contribution in [0.25, 0.3) is 22.2 Å². The molecular weight excluding hydrogens is 262 g/mol. The number of fused-ring (bicyclic) bond motifs is 1. The Labute approximate surface area is 123 Å². The molecule has 3 rings (SSSR count). The Morgan fingerprint density at radius 2 is 2.00 bits per heavy atom. The van der Waals surface area contributed by atoms with E-state index < -0.39 is 0 Å². The minimum Gasteiger partial charge on any atom is -0.508 e. The second-order valence-corrected chi connectivity index (χ2v) is 5.72. The smallest absolute Gasteiger partial charge is 0.119 e. The van der Waals surface area contributed by atoms with Crippen molar-refractivity contribution in [3.8, 4) is 17.0 Å². The first kappa shape index (κ1) is 13.5. The number of nitrogens with one attached hydrogen (secondary N) is 1. The first-order valence-corrected chi connectivity index (χ1v) is 7.05. The summed E-state index contributed by atoms with van der Waals surface area (Å²) in [4.78, 5) is 0. The highest BCUT2D eigenvalue weighted by atomic mass is 16.3. The molecule has 108 valence electrons. The fourth-order valence-electron chi connectivity index (χ4n) is 2.70. The second kappa shape index (κ2) is 4.81. The van der Waals surface area contributed by atoms with Crippen molar-refractivity contribution in [2.45, 2.75) is 26.7 Å². The van der Waals surface area contributed by atoms with Crippen molar-refractivity contribution in [3.63, 3.8) is 0 Å². The average Bonchev–Trinajstić information content (AvgIpc) is 2.84. The number of phenols is 1. The molecule has 4 N–H and O–H groups in total. The molecular formula is C17H19N3O. The average molecular weight is 281 g/mol. The fraction of sp³-hybridized carbons (Fsp3) is 0.235. The summed E-state index contributed by atoms with van der Waals surface area (Å²) in [5.74, 6) is 0.588. The predicted molar refractivity (Wildman–Crippen MR) is 86.4 cm³/mol. The van der Waals surface area contributed by atoms with Crippen LogP contribution < -0.4 is 5.73 Å². The number of rotatable bonds is 2. The van der Waals surface area contributed by atoms with Crippen LogP contribution in [0.1, 0.15) is 30.9 Å². The molecule has 0 aliphatic rings. The van der Waals surface area contributed by atoms with Gasteiger partial charge < -0.3 is 10.8 Å². The van der Waals surface area contributed by atoms with Gasteiger partial charge in [-0.05, 0) is 42.2 Å². The van der Waals surface area contributed by atoms with E-state index in [1.807, 2.05) is 31.2 Å². The summed E-state index contributed by atoms with van der Waals surface area (Å²) in [6.45, 7) is 6.11. The number of H-pyrrole nitrogens is 1. The largest absolute Gasteiger partial charge is 0.508 e. The van der Waals surface area contributed by atoms with Gasteiger partial charge in [-0.1, -0.05) is 26.0 Å². The Kier molecular flexibility index (Phi) is 3.09. The molecule has 0 fully saturated rings. The van der Waals surface area contributed by atoms with Crippen LogP contribution in [0.15, 0.2) is 30.3 Å². The zero-order valence-corrected chi connectivity index (χ0v) is 12.4. The Balaban J connectivity index is 2.28. The first-order valence-electron chi connectivity index (χ1n) is 7.05. The van der Waals surface area contributed by atoms with E-state index in [9.17, 15) is 5.11 Å². The summed E-state index contributed by atoms with van der Waals surface area (Å²) < 4.78 is 0. The van der Waals surface area contributed by atoms with Crippen molar-refractivity contribution >= 4 is 16.6 Å². The van der Waals surface area contributed by atoms with Gasteiger partial charge in [0.15, 0.2) is 0 Å². The number of benzene rings is 2. The molecule has 0 bridgehead atoms. The summed E-state index contributed by atoms with van der Waals surface area (Å²) >= 11 is 0. The monoisotopic (exact) mass is 281 g/mol. The Bertz CT molecular complexity index is 818. The highest BCUT2D eigenvalue weighted by molar-refractivity contribution is 5.99. The Morgan fingerprint density at radius 3 is 2.71 bits per heavy atom. The van der Waals surface area contributed by atoms with Gasteiger partial charge in [0.25, 0.3) is 0 Å². The zero-order valence-electron chi connectivity index (χ0n) is 12.4. The summed E-state index contributed by atoms with van der Waals surface area (Å²) in [5.41, 5.74) is 11.3. The number of para-hydroxylation sites is 1. The molecule has 2 aromatic carbocycles. The molecule has 0 aliphatic heterocycles. The molecule has 1 aromatic heterocycles. The van der Waals surface area contributed by atoms with Gasteiger partial charge in [0.05, 0.1) is 11.2 Å². The van der Waals surface area contributed by atoms with Gasteiger partial charge >= 0.3 is 0 Å². The summed E-state index contributed by atoms with van der Waals surface area (Å²) in [6, 6.07) is 9.61. The lowest BCUT2D eigenvalue weighted by Gasteiger charge is -2.12. The number of aromatic hydroxyl groups is 1. The van der Waals surface area contributed by atoms with Crippen LogP contribution in [0.3, 0.4) is 0 Å². The fourth-order valence-corrected chi connectivity index (χ4v) is 2.70. The van der Waals surface area contributed by atoms with Crippen LogP contribution in [-0.2, 0) is 0 Å². The van der Waals surface area contributed by atoms with Crippen molar-refractivity contribution in [2.24, 2.45) is 0 Å². The van der Waals surface area contributed by atoms with Crippen molar-refractivity contribution in [1.82, 2.24) is 10.2 Å². The van der Waals surface area contributed by atoms with Gasteiger partial charge in [-0.3, -0.25) is 5.10 Å². The number of aromatic amines is 1. The molecule has 0 amide bonds. The minimum atomic E-state index is 0.250.